The van der Waals surface area contributed by atoms with E-state index in [0.29, 0.717) is 6.04 Å². The maximum Gasteiger partial charge on any atom is 0.0780 e. The fourth-order valence-electron chi connectivity index (χ4n) is 6.45. The Balaban J connectivity index is 1.47. The zero-order valence-corrected chi connectivity index (χ0v) is 21.7. The average Bonchev–Trinajstić information content (AvgIpc) is 2.85. The van der Waals surface area contributed by atoms with Gasteiger partial charge in [-0.1, -0.05) is 61.9 Å². The predicted molar refractivity (Wildman–Crippen MR) is 146 cm³/mol. The lowest BCUT2D eigenvalue weighted by Crippen LogP contribution is -2.52. The monoisotopic (exact) mass is 496 g/mol. The Kier molecular flexibility index (Phi) is 7.60. The van der Waals surface area contributed by atoms with E-state index in [0.717, 1.165) is 42.4 Å². The third-order valence-corrected chi connectivity index (χ3v) is 9.10. The van der Waals surface area contributed by atoms with E-state index in [4.69, 9.17) is 11.6 Å². The van der Waals surface area contributed by atoms with Crippen LogP contribution in [0.25, 0.3) is 6.08 Å². The van der Waals surface area contributed by atoms with Crippen molar-refractivity contribution in [3.63, 3.8) is 0 Å². The largest absolute Gasteiger partial charge is 0.389 e. The lowest BCUT2D eigenvalue weighted by Gasteiger charge is -2.45. The van der Waals surface area contributed by atoms with Gasteiger partial charge < -0.3 is 15.7 Å². The maximum absolute atomic E-state index is 12.3. The van der Waals surface area contributed by atoms with Gasteiger partial charge in [0.2, 0.25) is 0 Å². The topological polar surface area (TPSA) is 44.3 Å². The molecule has 1 aliphatic carbocycles. The molecule has 2 fully saturated rings. The summed E-state index contributed by atoms with van der Waals surface area (Å²) >= 11 is 8.02. The molecule has 3 N–H and O–H groups in total. The second-order valence-corrected chi connectivity index (χ2v) is 11.8. The Morgan fingerprint density at radius 3 is 2.68 bits per heavy atom. The minimum Gasteiger partial charge on any atom is -0.389 e. The Morgan fingerprint density at radius 2 is 1.91 bits per heavy atom. The smallest absolute Gasteiger partial charge is 0.0780 e. The van der Waals surface area contributed by atoms with E-state index >= 15 is 0 Å². The van der Waals surface area contributed by atoms with E-state index in [1.54, 1.807) is 11.8 Å². The molecule has 5 rings (SSSR count). The van der Waals surface area contributed by atoms with Crippen LogP contribution in [0.15, 0.2) is 52.9 Å². The van der Waals surface area contributed by atoms with Crippen LogP contribution in [-0.4, -0.2) is 36.1 Å². The van der Waals surface area contributed by atoms with E-state index in [1.807, 2.05) is 12.1 Å². The van der Waals surface area contributed by atoms with Crippen molar-refractivity contribution in [2.45, 2.75) is 73.8 Å². The molecule has 0 radical (unpaired) electrons. The van der Waals surface area contributed by atoms with E-state index in [1.165, 1.54) is 60.2 Å². The molecule has 34 heavy (non-hydrogen) atoms. The van der Waals surface area contributed by atoms with Crippen molar-refractivity contribution in [3.05, 3.63) is 64.2 Å². The number of nitrogens with one attached hydrogen (secondary N) is 2. The van der Waals surface area contributed by atoms with Crippen molar-refractivity contribution in [1.82, 2.24) is 5.32 Å². The minimum absolute atomic E-state index is 0.0562. The zero-order chi connectivity index (χ0) is 23.5. The van der Waals surface area contributed by atoms with E-state index in [2.05, 4.69) is 53.3 Å². The number of piperidine rings is 1. The molecule has 1 saturated heterocycles. The number of hydrogen-bond acceptors (Lipinski definition) is 4. The number of anilines is 1. The number of rotatable bonds is 6. The highest BCUT2D eigenvalue weighted by Gasteiger charge is 2.44. The molecule has 3 nitrogen and oxygen atoms in total. The summed E-state index contributed by atoms with van der Waals surface area (Å²) in [6.45, 7) is 1.62. The molecule has 0 aromatic heterocycles. The summed E-state index contributed by atoms with van der Waals surface area (Å²) in [4.78, 5) is 1.26. The number of halogens is 1. The summed E-state index contributed by atoms with van der Waals surface area (Å²) in [6.07, 6.45) is 14.0. The highest BCUT2D eigenvalue weighted by atomic mass is 35.5. The average molecular weight is 497 g/mol. The molecule has 182 valence electrons. The summed E-state index contributed by atoms with van der Waals surface area (Å²) < 4.78 is 0. The normalized spacial score (nSPS) is 26.3. The molecule has 2 aromatic carbocycles. The molecule has 3 unspecified atom stereocenters. The van der Waals surface area contributed by atoms with Gasteiger partial charge in [-0.15, -0.1) is 11.8 Å². The molecule has 3 aliphatic rings. The van der Waals surface area contributed by atoms with Crippen LogP contribution in [0.1, 0.15) is 68.4 Å². The van der Waals surface area contributed by atoms with E-state index in [-0.39, 0.29) is 5.92 Å². The molecule has 1 saturated carbocycles. The van der Waals surface area contributed by atoms with Gasteiger partial charge in [0.25, 0.3) is 0 Å². The Labute approximate surface area is 213 Å². The van der Waals surface area contributed by atoms with Crippen LogP contribution in [0, 0.1) is 5.92 Å². The molecule has 2 aliphatic heterocycles. The van der Waals surface area contributed by atoms with Gasteiger partial charge in [0.1, 0.15) is 0 Å². The quantitative estimate of drug-likeness (QED) is 0.373. The summed E-state index contributed by atoms with van der Waals surface area (Å²) in [7, 11) is 0. The Bertz CT molecular complexity index is 1020. The van der Waals surface area contributed by atoms with Crippen molar-refractivity contribution in [1.29, 1.82) is 0 Å². The lowest BCUT2D eigenvalue weighted by atomic mass is 9.68. The van der Waals surface area contributed by atoms with Gasteiger partial charge in [0, 0.05) is 34.1 Å². The standard InChI is InChI=1S/C29H37ClN2OS/c1-34-26-11-12-27-22(17-26)16-23(19-32-27)28(21-7-9-24(30)10-8-21)29(33)13-14-31-25(18-29)15-20-5-3-2-4-6-20/h7-12,16-17,20,25,28,31-33H,2-6,13-15,18-19H2,1H3. The van der Waals surface area contributed by atoms with Crippen LogP contribution in [0.3, 0.4) is 0 Å². The minimum atomic E-state index is -0.777. The van der Waals surface area contributed by atoms with Crippen LogP contribution in [-0.2, 0) is 0 Å². The van der Waals surface area contributed by atoms with Crippen molar-refractivity contribution in [3.8, 4) is 0 Å². The SMILES string of the molecule is CSc1ccc2c(c1)C=C(C(c1ccc(Cl)cc1)C1(O)CCNC(CC3CCCCC3)C1)CN2. The first-order valence-electron chi connectivity index (χ1n) is 12.9. The molecule has 3 atom stereocenters. The summed E-state index contributed by atoms with van der Waals surface area (Å²) in [5.41, 5.74) is 4.02. The van der Waals surface area contributed by atoms with Gasteiger partial charge in [-0.3, -0.25) is 0 Å². The molecule has 0 bridgehead atoms. The molecule has 5 heteroatoms. The fraction of sp³-hybridized carbons (Fsp3) is 0.517. The van der Waals surface area contributed by atoms with Gasteiger partial charge in [-0.05, 0) is 85.0 Å². The second-order valence-electron chi connectivity index (χ2n) is 10.5. The lowest BCUT2D eigenvalue weighted by molar-refractivity contribution is -0.0229. The first-order chi connectivity index (χ1) is 16.5. The first-order valence-corrected chi connectivity index (χ1v) is 14.5. The number of hydrogen-bond donors (Lipinski definition) is 3. The van der Waals surface area contributed by atoms with Crippen molar-refractivity contribution in [2.24, 2.45) is 5.92 Å². The summed E-state index contributed by atoms with van der Waals surface area (Å²) in [6, 6.07) is 15.1. The van der Waals surface area contributed by atoms with Gasteiger partial charge in [-0.2, -0.15) is 0 Å². The highest BCUT2D eigenvalue weighted by Crippen LogP contribution is 2.45. The number of aliphatic hydroxyl groups is 1. The molecule has 2 heterocycles. The van der Waals surface area contributed by atoms with Gasteiger partial charge in [0.15, 0.2) is 0 Å². The van der Waals surface area contributed by atoms with Crippen molar-refractivity contribution >= 4 is 35.1 Å². The summed E-state index contributed by atoms with van der Waals surface area (Å²) in [5, 5.41) is 20.4. The Hall–Kier alpha value is -1.46. The Morgan fingerprint density at radius 1 is 1.12 bits per heavy atom. The highest BCUT2D eigenvalue weighted by molar-refractivity contribution is 7.98. The first kappa shape index (κ1) is 24.2. The third-order valence-electron chi connectivity index (χ3n) is 8.13. The predicted octanol–water partition coefficient (Wildman–Crippen LogP) is 7.11. The number of fused-ring (bicyclic) bond motifs is 1. The van der Waals surface area contributed by atoms with Crippen LogP contribution in [0.5, 0.6) is 0 Å². The van der Waals surface area contributed by atoms with Crippen LogP contribution < -0.4 is 10.6 Å². The fourth-order valence-corrected chi connectivity index (χ4v) is 7.03. The molecular weight excluding hydrogens is 460 g/mol. The van der Waals surface area contributed by atoms with E-state index in [9.17, 15) is 5.11 Å². The summed E-state index contributed by atoms with van der Waals surface area (Å²) in [5.74, 6) is 0.745. The molecular formula is C29H37ClN2OS. The number of thioether (sulfide) groups is 1. The number of benzene rings is 2. The van der Waals surface area contributed by atoms with Crippen LogP contribution in [0.2, 0.25) is 5.02 Å². The van der Waals surface area contributed by atoms with Crippen LogP contribution in [0.4, 0.5) is 5.69 Å². The zero-order valence-electron chi connectivity index (χ0n) is 20.2. The molecule has 0 amide bonds. The molecule has 0 spiro atoms. The van der Waals surface area contributed by atoms with Gasteiger partial charge >= 0.3 is 0 Å². The maximum atomic E-state index is 12.3. The van der Waals surface area contributed by atoms with Gasteiger partial charge in [0.05, 0.1) is 5.60 Å². The van der Waals surface area contributed by atoms with Crippen molar-refractivity contribution in [2.75, 3.05) is 24.7 Å². The van der Waals surface area contributed by atoms with Crippen LogP contribution >= 0.6 is 23.4 Å². The molecule has 2 aromatic rings. The third kappa shape index (κ3) is 5.36. The van der Waals surface area contributed by atoms with Crippen molar-refractivity contribution < 1.29 is 5.11 Å². The van der Waals surface area contributed by atoms with Gasteiger partial charge in [-0.25, -0.2) is 0 Å². The second kappa shape index (κ2) is 10.7. The van der Waals surface area contributed by atoms with E-state index < -0.39 is 5.60 Å².